The number of aryl methyl sites for hydroxylation is 2. The first-order valence-electron chi connectivity index (χ1n) is 6.85. The SMILES string of the molecule is Cc1cc(C(C)(C)C)cc(C)c1C1(C(=O)NN)CC1. The highest BCUT2D eigenvalue weighted by Gasteiger charge is 2.52. The van der Waals surface area contributed by atoms with Gasteiger partial charge in [0.05, 0.1) is 5.41 Å². The van der Waals surface area contributed by atoms with E-state index in [-0.39, 0.29) is 16.7 Å². The summed E-state index contributed by atoms with van der Waals surface area (Å²) in [5, 5.41) is 0. The first-order valence-corrected chi connectivity index (χ1v) is 6.85. The fourth-order valence-electron chi connectivity index (χ4n) is 3.01. The van der Waals surface area contributed by atoms with E-state index in [0.717, 1.165) is 12.8 Å². The van der Waals surface area contributed by atoms with Crippen LogP contribution in [0.5, 0.6) is 0 Å². The van der Waals surface area contributed by atoms with Crippen LogP contribution in [0.3, 0.4) is 0 Å². The molecule has 3 nitrogen and oxygen atoms in total. The van der Waals surface area contributed by atoms with Crippen molar-refractivity contribution in [2.45, 2.75) is 58.3 Å². The van der Waals surface area contributed by atoms with Gasteiger partial charge in [-0.25, -0.2) is 5.84 Å². The van der Waals surface area contributed by atoms with Crippen molar-refractivity contribution in [2.75, 3.05) is 0 Å². The van der Waals surface area contributed by atoms with Gasteiger partial charge in [-0.2, -0.15) is 0 Å². The number of hydrazine groups is 1. The van der Waals surface area contributed by atoms with Gasteiger partial charge in [0.2, 0.25) is 5.91 Å². The highest BCUT2D eigenvalue weighted by Crippen LogP contribution is 2.51. The van der Waals surface area contributed by atoms with Crippen molar-refractivity contribution in [3.8, 4) is 0 Å². The number of nitrogens with one attached hydrogen (secondary N) is 1. The molecule has 0 bridgehead atoms. The topological polar surface area (TPSA) is 55.1 Å². The predicted molar refractivity (Wildman–Crippen MR) is 77.9 cm³/mol. The van der Waals surface area contributed by atoms with E-state index in [2.05, 4.69) is 52.2 Å². The minimum absolute atomic E-state index is 0.0535. The van der Waals surface area contributed by atoms with E-state index >= 15 is 0 Å². The van der Waals surface area contributed by atoms with Gasteiger partial charge in [-0.05, 0) is 54.4 Å². The number of hydrogen-bond donors (Lipinski definition) is 2. The molecule has 0 saturated heterocycles. The Morgan fingerprint density at radius 2 is 1.68 bits per heavy atom. The van der Waals surface area contributed by atoms with Crippen LogP contribution in [0.15, 0.2) is 12.1 Å². The van der Waals surface area contributed by atoms with Gasteiger partial charge < -0.3 is 0 Å². The van der Waals surface area contributed by atoms with Crippen molar-refractivity contribution in [3.63, 3.8) is 0 Å². The largest absolute Gasteiger partial charge is 0.293 e. The molecule has 104 valence electrons. The number of hydrogen-bond acceptors (Lipinski definition) is 2. The minimum atomic E-state index is -0.376. The monoisotopic (exact) mass is 260 g/mol. The van der Waals surface area contributed by atoms with Crippen LogP contribution in [0.2, 0.25) is 0 Å². The lowest BCUT2D eigenvalue weighted by Crippen LogP contribution is -2.40. The van der Waals surface area contributed by atoms with Crippen LogP contribution in [0.1, 0.15) is 55.9 Å². The van der Waals surface area contributed by atoms with Crippen LogP contribution in [-0.2, 0) is 15.6 Å². The summed E-state index contributed by atoms with van der Waals surface area (Å²) in [5.74, 6) is 5.28. The molecular weight excluding hydrogens is 236 g/mol. The first kappa shape index (κ1) is 14.1. The Balaban J connectivity index is 2.53. The van der Waals surface area contributed by atoms with Crippen molar-refractivity contribution in [1.29, 1.82) is 0 Å². The van der Waals surface area contributed by atoms with Gasteiger partial charge >= 0.3 is 0 Å². The second kappa shape index (κ2) is 4.34. The third-order valence-corrected chi connectivity index (χ3v) is 4.19. The zero-order chi connectivity index (χ0) is 14.4. The normalized spacial score (nSPS) is 17.2. The molecule has 1 fully saturated rings. The van der Waals surface area contributed by atoms with Gasteiger partial charge in [0.15, 0.2) is 0 Å². The lowest BCUT2D eigenvalue weighted by Gasteiger charge is -2.25. The lowest BCUT2D eigenvalue weighted by molar-refractivity contribution is -0.123. The van der Waals surface area contributed by atoms with Crippen LogP contribution < -0.4 is 11.3 Å². The maximum atomic E-state index is 12.0. The summed E-state index contributed by atoms with van der Waals surface area (Å²) in [6.07, 6.45) is 1.79. The molecule has 1 aliphatic carbocycles. The summed E-state index contributed by atoms with van der Waals surface area (Å²) in [4.78, 5) is 12.0. The van der Waals surface area contributed by atoms with E-state index in [0.29, 0.717) is 0 Å². The van der Waals surface area contributed by atoms with Gasteiger partial charge in [-0.3, -0.25) is 10.2 Å². The Morgan fingerprint density at radius 1 is 1.21 bits per heavy atom. The van der Waals surface area contributed by atoms with Crippen molar-refractivity contribution in [1.82, 2.24) is 5.43 Å². The average molecular weight is 260 g/mol. The molecule has 1 saturated carbocycles. The molecule has 3 N–H and O–H groups in total. The predicted octanol–water partition coefficient (Wildman–Crippen LogP) is 2.62. The number of amides is 1. The quantitative estimate of drug-likeness (QED) is 0.488. The minimum Gasteiger partial charge on any atom is -0.293 e. The summed E-state index contributed by atoms with van der Waals surface area (Å²) < 4.78 is 0. The molecule has 0 aliphatic heterocycles. The Labute approximate surface area is 115 Å². The van der Waals surface area contributed by atoms with Crippen LogP contribution in [0.4, 0.5) is 0 Å². The van der Waals surface area contributed by atoms with E-state index in [1.807, 2.05) is 0 Å². The molecule has 1 aromatic rings. The summed E-state index contributed by atoms with van der Waals surface area (Å²) in [6.45, 7) is 10.8. The number of rotatable bonds is 2. The maximum absolute atomic E-state index is 12.0. The molecule has 3 heteroatoms. The van der Waals surface area contributed by atoms with Gasteiger partial charge in [0, 0.05) is 0 Å². The summed E-state index contributed by atoms with van der Waals surface area (Å²) in [7, 11) is 0. The van der Waals surface area contributed by atoms with Crippen molar-refractivity contribution >= 4 is 5.91 Å². The average Bonchev–Trinajstić information content (AvgIpc) is 3.07. The second-order valence-electron chi connectivity index (χ2n) is 6.79. The first-order chi connectivity index (χ1) is 8.72. The molecule has 1 aliphatic rings. The van der Waals surface area contributed by atoms with Crippen LogP contribution in [0, 0.1) is 13.8 Å². The smallest absolute Gasteiger partial charge is 0.244 e. The fraction of sp³-hybridized carbons (Fsp3) is 0.562. The highest BCUT2D eigenvalue weighted by atomic mass is 16.2. The zero-order valence-corrected chi connectivity index (χ0v) is 12.6. The molecule has 0 heterocycles. The van der Waals surface area contributed by atoms with Crippen molar-refractivity contribution in [2.24, 2.45) is 5.84 Å². The van der Waals surface area contributed by atoms with E-state index in [9.17, 15) is 4.79 Å². The molecule has 0 unspecified atom stereocenters. The molecule has 0 radical (unpaired) electrons. The van der Waals surface area contributed by atoms with Crippen molar-refractivity contribution < 1.29 is 4.79 Å². The molecule has 0 spiro atoms. The summed E-state index contributed by atoms with van der Waals surface area (Å²) in [5.41, 5.74) is 6.96. The Kier molecular flexibility index (Phi) is 3.21. The third kappa shape index (κ3) is 2.27. The third-order valence-electron chi connectivity index (χ3n) is 4.19. The number of carbonyl (C=O) groups excluding carboxylic acids is 1. The van der Waals surface area contributed by atoms with Gasteiger partial charge in [0.1, 0.15) is 0 Å². The van der Waals surface area contributed by atoms with E-state index in [1.54, 1.807) is 0 Å². The number of benzene rings is 1. The number of carbonyl (C=O) groups is 1. The summed E-state index contributed by atoms with van der Waals surface area (Å²) in [6, 6.07) is 4.43. The van der Waals surface area contributed by atoms with E-state index in [4.69, 9.17) is 5.84 Å². The van der Waals surface area contributed by atoms with Crippen molar-refractivity contribution in [3.05, 3.63) is 34.4 Å². The molecule has 0 atom stereocenters. The van der Waals surface area contributed by atoms with Gasteiger partial charge in [-0.1, -0.05) is 32.9 Å². The highest BCUT2D eigenvalue weighted by molar-refractivity contribution is 5.91. The molecule has 19 heavy (non-hydrogen) atoms. The lowest BCUT2D eigenvalue weighted by atomic mass is 9.80. The van der Waals surface area contributed by atoms with Gasteiger partial charge in [0.25, 0.3) is 0 Å². The van der Waals surface area contributed by atoms with Crippen LogP contribution in [0.25, 0.3) is 0 Å². The molecular formula is C16H24N2O. The fourth-order valence-corrected chi connectivity index (χ4v) is 3.01. The number of nitrogens with two attached hydrogens (primary N) is 1. The van der Waals surface area contributed by atoms with Crippen LogP contribution in [-0.4, -0.2) is 5.91 Å². The van der Waals surface area contributed by atoms with Crippen LogP contribution >= 0.6 is 0 Å². The second-order valence-corrected chi connectivity index (χ2v) is 6.79. The maximum Gasteiger partial charge on any atom is 0.244 e. The standard InChI is InChI=1S/C16H24N2O/c1-10-8-12(15(3,4)5)9-11(2)13(10)16(6-7-16)14(19)18-17/h8-9H,6-7,17H2,1-5H3,(H,18,19). The molecule has 2 rings (SSSR count). The molecule has 0 aromatic heterocycles. The zero-order valence-electron chi connectivity index (χ0n) is 12.6. The Hall–Kier alpha value is -1.35. The molecule has 1 amide bonds. The molecule has 1 aromatic carbocycles. The Bertz CT molecular complexity index is 499. The Morgan fingerprint density at radius 3 is 2.00 bits per heavy atom. The van der Waals surface area contributed by atoms with Gasteiger partial charge in [-0.15, -0.1) is 0 Å². The summed E-state index contributed by atoms with van der Waals surface area (Å²) >= 11 is 0. The van der Waals surface area contributed by atoms with E-state index in [1.165, 1.54) is 22.3 Å². The van der Waals surface area contributed by atoms with E-state index < -0.39 is 0 Å².